The summed E-state index contributed by atoms with van der Waals surface area (Å²) < 4.78 is 0. The van der Waals surface area contributed by atoms with Crippen LogP contribution in [0.4, 0.5) is 5.82 Å². The lowest BCUT2D eigenvalue weighted by atomic mass is 10.2. The van der Waals surface area contributed by atoms with Crippen LogP contribution in [0.2, 0.25) is 5.02 Å². The van der Waals surface area contributed by atoms with E-state index in [4.69, 9.17) is 16.7 Å². The summed E-state index contributed by atoms with van der Waals surface area (Å²) in [5, 5.41) is 19.9. The largest absolute Gasteiger partial charge is 0.477 e. The first-order valence-corrected chi connectivity index (χ1v) is 5.79. The number of carboxylic acid groups (broad SMARTS) is 1. The van der Waals surface area contributed by atoms with Gasteiger partial charge in [0.2, 0.25) is 0 Å². The molecule has 1 aromatic carbocycles. The van der Waals surface area contributed by atoms with Gasteiger partial charge in [0.25, 0.3) is 0 Å². The van der Waals surface area contributed by atoms with E-state index < -0.39 is 5.97 Å². The third-order valence-electron chi connectivity index (χ3n) is 2.44. The number of aromatic carboxylic acids is 1. The van der Waals surface area contributed by atoms with Crippen LogP contribution in [0.25, 0.3) is 0 Å². The van der Waals surface area contributed by atoms with Crippen LogP contribution in [0.5, 0.6) is 0 Å². The molecule has 0 aliphatic heterocycles. The summed E-state index contributed by atoms with van der Waals surface area (Å²) in [6.07, 6.45) is 1.50. The summed E-state index contributed by atoms with van der Waals surface area (Å²) in [5.74, 6) is -0.907. The molecule has 7 heteroatoms. The van der Waals surface area contributed by atoms with Gasteiger partial charge in [-0.15, -0.1) is 0 Å². The average Bonchev–Trinajstić information content (AvgIpc) is 2.73. The van der Waals surface area contributed by atoms with Crippen molar-refractivity contribution in [2.75, 3.05) is 5.43 Å². The normalized spacial score (nSPS) is 10.8. The molecule has 0 aliphatic carbocycles. The number of carboxylic acids is 1. The van der Waals surface area contributed by atoms with Crippen molar-refractivity contribution in [1.82, 2.24) is 10.2 Å². The Morgan fingerprint density at radius 2 is 2.26 bits per heavy atom. The molecule has 1 heterocycles. The van der Waals surface area contributed by atoms with Crippen LogP contribution in [0.15, 0.2) is 29.4 Å². The van der Waals surface area contributed by atoms with Gasteiger partial charge in [-0.2, -0.15) is 10.2 Å². The molecule has 0 amide bonds. The van der Waals surface area contributed by atoms with Gasteiger partial charge < -0.3 is 5.11 Å². The summed E-state index contributed by atoms with van der Waals surface area (Å²) in [6, 6.07) is 7.17. The minimum absolute atomic E-state index is 0.0660. The van der Waals surface area contributed by atoms with Crippen molar-refractivity contribution < 1.29 is 9.90 Å². The number of aromatic amines is 1. The molecule has 0 unspecified atom stereocenters. The first-order valence-electron chi connectivity index (χ1n) is 5.41. The lowest BCUT2D eigenvalue weighted by Crippen LogP contribution is -2.02. The highest BCUT2D eigenvalue weighted by molar-refractivity contribution is 6.33. The maximum atomic E-state index is 11.0. The SMILES string of the molecule is Cc1[nH]nc(N/N=C\c2ccccc2Cl)c1C(=O)O. The highest BCUT2D eigenvalue weighted by atomic mass is 35.5. The van der Waals surface area contributed by atoms with E-state index in [2.05, 4.69) is 20.7 Å². The zero-order valence-electron chi connectivity index (χ0n) is 10.0. The van der Waals surface area contributed by atoms with Gasteiger partial charge in [0.15, 0.2) is 5.82 Å². The Labute approximate surface area is 114 Å². The minimum atomic E-state index is -1.07. The standard InChI is InChI=1S/C12H11ClN4O2/c1-7-10(12(18)19)11(17-15-7)16-14-6-8-4-2-3-5-9(8)13/h2-6H,1H3,(H,18,19)(H2,15,16,17)/b14-6-. The second kappa shape index (κ2) is 5.53. The van der Waals surface area contributed by atoms with Gasteiger partial charge in [-0.05, 0) is 13.0 Å². The van der Waals surface area contributed by atoms with Crippen LogP contribution in [-0.2, 0) is 0 Å². The second-order valence-electron chi connectivity index (χ2n) is 3.77. The Hall–Kier alpha value is -2.34. The fourth-order valence-corrected chi connectivity index (χ4v) is 1.70. The molecule has 0 saturated heterocycles. The van der Waals surface area contributed by atoms with Crippen molar-refractivity contribution in [2.24, 2.45) is 5.10 Å². The van der Waals surface area contributed by atoms with E-state index in [1.54, 1.807) is 19.1 Å². The molecule has 0 atom stereocenters. The summed E-state index contributed by atoms with van der Waals surface area (Å²) >= 11 is 5.96. The molecular weight excluding hydrogens is 268 g/mol. The zero-order valence-corrected chi connectivity index (χ0v) is 10.8. The number of rotatable bonds is 4. The monoisotopic (exact) mass is 278 g/mol. The van der Waals surface area contributed by atoms with Crippen molar-refractivity contribution in [2.45, 2.75) is 6.92 Å². The maximum absolute atomic E-state index is 11.0. The third kappa shape index (κ3) is 2.92. The second-order valence-corrected chi connectivity index (χ2v) is 4.18. The Morgan fingerprint density at radius 3 is 2.95 bits per heavy atom. The summed E-state index contributed by atoms with van der Waals surface area (Å²) in [4.78, 5) is 11.0. The average molecular weight is 279 g/mol. The lowest BCUT2D eigenvalue weighted by Gasteiger charge is -1.98. The molecule has 6 nitrogen and oxygen atoms in total. The Morgan fingerprint density at radius 1 is 1.53 bits per heavy atom. The van der Waals surface area contributed by atoms with Gasteiger partial charge in [0.05, 0.1) is 6.21 Å². The molecule has 98 valence electrons. The first kappa shape index (κ1) is 13.1. The molecule has 1 aromatic heterocycles. The number of hydrogen-bond donors (Lipinski definition) is 3. The van der Waals surface area contributed by atoms with E-state index in [-0.39, 0.29) is 11.4 Å². The smallest absolute Gasteiger partial charge is 0.341 e. The number of benzene rings is 1. The topological polar surface area (TPSA) is 90.4 Å². The fourth-order valence-electron chi connectivity index (χ4n) is 1.51. The third-order valence-corrected chi connectivity index (χ3v) is 2.78. The number of aromatic nitrogens is 2. The summed E-state index contributed by atoms with van der Waals surface area (Å²) in [6.45, 7) is 1.62. The lowest BCUT2D eigenvalue weighted by molar-refractivity contribution is 0.0697. The molecule has 0 bridgehead atoms. The number of anilines is 1. The molecule has 3 N–H and O–H groups in total. The molecule has 19 heavy (non-hydrogen) atoms. The highest BCUT2D eigenvalue weighted by Gasteiger charge is 2.16. The first-order chi connectivity index (χ1) is 9.09. The Kier molecular flexibility index (Phi) is 3.82. The number of nitrogens with zero attached hydrogens (tertiary/aromatic N) is 2. The molecule has 0 spiro atoms. The van der Waals surface area contributed by atoms with E-state index in [9.17, 15) is 4.79 Å². The van der Waals surface area contributed by atoms with E-state index in [1.807, 2.05) is 12.1 Å². The molecule has 0 radical (unpaired) electrons. The summed E-state index contributed by atoms with van der Waals surface area (Å²) in [5.41, 5.74) is 3.83. The number of H-pyrrole nitrogens is 1. The van der Waals surface area contributed by atoms with Crippen LogP contribution in [-0.4, -0.2) is 27.5 Å². The number of hydrogen-bond acceptors (Lipinski definition) is 4. The van der Waals surface area contributed by atoms with Crippen molar-refractivity contribution in [3.63, 3.8) is 0 Å². The quantitative estimate of drug-likeness (QED) is 0.592. The molecule has 0 aliphatic rings. The van der Waals surface area contributed by atoms with Gasteiger partial charge in [0.1, 0.15) is 5.56 Å². The van der Waals surface area contributed by atoms with Crippen LogP contribution in [0.1, 0.15) is 21.6 Å². The van der Waals surface area contributed by atoms with Crippen LogP contribution >= 0.6 is 11.6 Å². The van der Waals surface area contributed by atoms with Crippen LogP contribution < -0.4 is 5.43 Å². The predicted molar refractivity (Wildman–Crippen MR) is 73.0 cm³/mol. The Balaban J connectivity index is 2.16. The van der Waals surface area contributed by atoms with Gasteiger partial charge >= 0.3 is 5.97 Å². The van der Waals surface area contributed by atoms with Gasteiger partial charge in [0, 0.05) is 16.3 Å². The van der Waals surface area contributed by atoms with Gasteiger partial charge in [-0.1, -0.05) is 29.8 Å². The number of carbonyl (C=O) groups is 1. The van der Waals surface area contributed by atoms with Crippen molar-refractivity contribution >= 4 is 29.6 Å². The summed E-state index contributed by atoms with van der Waals surface area (Å²) in [7, 11) is 0. The number of hydrazone groups is 1. The Bertz CT molecular complexity index is 636. The van der Waals surface area contributed by atoms with Crippen molar-refractivity contribution in [3.8, 4) is 0 Å². The highest BCUT2D eigenvalue weighted by Crippen LogP contribution is 2.16. The van der Waals surface area contributed by atoms with E-state index >= 15 is 0 Å². The number of nitrogens with one attached hydrogen (secondary N) is 2. The molecule has 2 aromatic rings. The van der Waals surface area contributed by atoms with Crippen molar-refractivity contribution in [3.05, 3.63) is 46.1 Å². The number of aryl methyl sites for hydroxylation is 1. The minimum Gasteiger partial charge on any atom is -0.477 e. The fraction of sp³-hybridized carbons (Fsp3) is 0.0833. The van der Waals surface area contributed by atoms with Gasteiger partial charge in [-0.25, -0.2) is 4.79 Å². The zero-order chi connectivity index (χ0) is 13.8. The van der Waals surface area contributed by atoms with E-state index in [1.165, 1.54) is 6.21 Å². The van der Waals surface area contributed by atoms with Gasteiger partial charge in [-0.3, -0.25) is 10.5 Å². The molecular formula is C12H11ClN4O2. The molecule has 0 saturated carbocycles. The van der Waals surface area contributed by atoms with Crippen LogP contribution in [0, 0.1) is 6.92 Å². The number of halogens is 1. The maximum Gasteiger partial charge on any atom is 0.341 e. The molecule has 0 fully saturated rings. The molecule has 2 rings (SSSR count). The van der Waals surface area contributed by atoms with Crippen LogP contribution in [0.3, 0.4) is 0 Å². The van der Waals surface area contributed by atoms with E-state index in [0.29, 0.717) is 10.7 Å². The van der Waals surface area contributed by atoms with E-state index in [0.717, 1.165) is 5.56 Å². The predicted octanol–water partition coefficient (Wildman–Crippen LogP) is 2.52. The van der Waals surface area contributed by atoms with Crippen molar-refractivity contribution in [1.29, 1.82) is 0 Å².